The van der Waals surface area contributed by atoms with Crippen LogP contribution >= 0.6 is 0 Å². The highest BCUT2D eigenvalue weighted by atomic mass is 32.2. The summed E-state index contributed by atoms with van der Waals surface area (Å²) in [5.41, 5.74) is -3.76. The van der Waals surface area contributed by atoms with Crippen LogP contribution in [0.2, 0.25) is 0 Å². The van der Waals surface area contributed by atoms with Gasteiger partial charge in [0.25, 0.3) is 11.8 Å². The average Bonchev–Trinajstić information content (AvgIpc) is 2.76. The molecule has 1 aliphatic heterocycles. The van der Waals surface area contributed by atoms with Crippen LogP contribution in [0.4, 0.5) is 27.6 Å². The molecule has 2 aromatic carbocycles. The summed E-state index contributed by atoms with van der Waals surface area (Å²) >= 11 is 0. The van der Waals surface area contributed by atoms with Gasteiger partial charge in [0.2, 0.25) is 10.0 Å². The SMILES string of the molecule is Cc1cc(NC(=O)c2ccc(F)c(C(F)(F)C(=O)N3CCC(NS(C)(=O)=O)C(C)(F)C3)c2)ccc1F. The van der Waals surface area contributed by atoms with Crippen molar-refractivity contribution < 1.29 is 40.0 Å². The van der Waals surface area contributed by atoms with Gasteiger partial charge >= 0.3 is 5.92 Å². The van der Waals surface area contributed by atoms with E-state index in [-0.39, 0.29) is 17.7 Å². The molecule has 1 saturated heterocycles. The van der Waals surface area contributed by atoms with Gasteiger partial charge < -0.3 is 10.2 Å². The molecule has 13 heteroatoms. The fourth-order valence-corrected chi connectivity index (χ4v) is 4.79. The molecule has 7 nitrogen and oxygen atoms in total. The van der Waals surface area contributed by atoms with Crippen LogP contribution in [0.15, 0.2) is 36.4 Å². The van der Waals surface area contributed by atoms with Gasteiger partial charge in [0.05, 0.1) is 24.4 Å². The number of sulfonamides is 1. The highest BCUT2D eigenvalue weighted by Crippen LogP contribution is 2.36. The van der Waals surface area contributed by atoms with Crippen molar-refractivity contribution in [3.8, 4) is 0 Å². The first-order valence-electron chi connectivity index (χ1n) is 10.7. The van der Waals surface area contributed by atoms with Gasteiger partial charge in [-0.15, -0.1) is 0 Å². The number of hydrogen-bond donors (Lipinski definition) is 2. The first-order chi connectivity index (χ1) is 16.5. The molecule has 36 heavy (non-hydrogen) atoms. The molecule has 1 aliphatic rings. The summed E-state index contributed by atoms with van der Waals surface area (Å²) in [7, 11) is -3.80. The Morgan fingerprint density at radius 3 is 2.33 bits per heavy atom. The maximum absolute atomic E-state index is 15.1. The molecule has 0 bridgehead atoms. The van der Waals surface area contributed by atoms with Crippen molar-refractivity contribution in [3.63, 3.8) is 0 Å². The van der Waals surface area contributed by atoms with Crippen LogP contribution < -0.4 is 10.0 Å². The number of aryl methyl sites for hydroxylation is 1. The van der Waals surface area contributed by atoms with E-state index in [1.807, 2.05) is 0 Å². The van der Waals surface area contributed by atoms with Crippen molar-refractivity contribution in [1.82, 2.24) is 9.62 Å². The van der Waals surface area contributed by atoms with Crippen molar-refractivity contribution in [2.75, 3.05) is 24.7 Å². The monoisotopic (exact) mass is 533 g/mol. The third kappa shape index (κ3) is 6.01. The van der Waals surface area contributed by atoms with E-state index in [4.69, 9.17) is 0 Å². The van der Waals surface area contributed by atoms with Crippen LogP contribution in [-0.2, 0) is 20.7 Å². The lowest BCUT2D eigenvalue weighted by Gasteiger charge is -2.42. The fourth-order valence-electron chi connectivity index (χ4n) is 3.91. The van der Waals surface area contributed by atoms with Crippen LogP contribution in [0.1, 0.15) is 34.8 Å². The van der Waals surface area contributed by atoms with E-state index in [0.717, 1.165) is 25.3 Å². The Labute approximate surface area is 204 Å². The standard InChI is InChI=1S/C23H24F5N3O4S/c1-13-10-15(5-7-17(13)24)29-20(32)14-4-6-18(25)16(11-14)23(27,28)21(33)31-9-8-19(22(2,26)12-31)30-36(3,34)35/h4-7,10-11,19,30H,8-9,12H2,1-3H3,(H,29,32). The molecule has 2 aromatic rings. The number of carbonyl (C=O) groups excluding carboxylic acids is 2. The van der Waals surface area contributed by atoms with E-state index in [2.05, 4.69) is 10.0 Å². The molecule has 2 unspecified atom stereocenters. The second kappa shape index (κ2) is 9.77. The van der Waals surface area contributed by atoms with Gasteiger partial charge in [0, 0.05) is 17.8 Å². The lowest BCUT2D eigenvalue weighted by atomic mass is 9.90. The number of nitrogens with zero attached hydrogens (tertiary/aromatic N) is 1. The highest BCUT2D eigenvalue weighted by molar-refractivity contribution is 7.88. The van der Waals surface area contributed by atoms with Gasteiger partial charge in [-0.05, 0) is 62.2 Å². The Kier molecular flexibility index (Phi) is 7.47. The second-order valence-corrected chi connectivity index (χ2v) is 10.7. The van der Waals surface area contributed by atoms with Crippen LogP contribution in [0.25, 0.3) is 0 Å². The Morgan fingerprint density at radius 1 is 1.11 bits per heavy atom. The predicted molar refractivity (Wildman–Crippen MR) is 122 cm³/mol. The highest BCUT2D eigenvalue weighted by Gasteiger charge is 2.51. The number of halogens is 5. The molecule has 0 saturated carbocycles. The van der Waals surface area contributed by atoms with Crippen LogP contribution in [0.3, 0.4) is 0 Å². The number of likely N-dealkylation sites (tertiary alicyclic amines) is 1. The predicted octanol–water partition coefficient (Wildman–Crippen LogP) is 3.50. The average molecular weight is 534 g/mol. The lowest BCUT2D eigenvalue weighted by molar-refractivity contribution is -0.163. The number of hydrogen-bond acceptors (Lipinski definition) is 4. The minimum atomic E-state index is -4.46. The maximum atomic E-state index is 15.1. The number of rotatable bonds is 6. The number of alkyl halides is 3. The summed E-state index contributed by atoms with van der Waals surface area (Å²) in [6.07, 6.45) is 0.530. The molecule has 2 atom stereocenters. The molecular formula is C23H24F5N3O4S. The Bertz CT molecular complexity index is 1300. The molecule has 1 fully saturated rings. The molecule has 196 valence electrons. The third-order valence-electron chi connectivity index (χ3n) is 5.81. The van der Waals surface area contributed by atoms with Crippen LogP contribution in [-0.4, -0.2) is 56.2 Å². The van der Waals surface area contributed by atoms with Crippen molar-refractivity contribution in [1.29, 1.82) is 0 Å². The Hall–Kier alpha value is -3.06. The summed E-state index contributed by atoms with van der Waals surface area (Å²) in [6.45, 7) is 1.15. The van der Waals surface area contributed by atoms with Gasteiger partial charge in [-0.3, -0.25) is 9.59 Å². The number of anilines is 1. The maximum Gasteiger partial charge on any atom is 0.352 e. The van der Waals surface area contributed by atoms with Crippen LogP contribution in [0, 0.1) is 18.6 Å². The van der Waals surface area contributed by atoms with Crippen molar-refractivity contribution in [2.45, 2.75) is 37.9 Å². The van der Waals surface area contributed by atoms with Gasteiger partial charge in [-0.2, -0.15) is 8.78 Å². The third-order valence-corrected chi connectivity index (χ3v) is 6.52. The molecule has 0 radical (unpaired) electrons. The van der Waals surface area contributed by atoms with Crippen molar-refractivity contribution in [3.05, 3.63) is 64.7 Å². The second-order valence-electron chi connectivity index (χ2n) is 8.92. The molecule has 0 aromatic heterocycles. The summed E-state index contributed by atoms with van der Waals surface area (Å²) in [5, 5.41) is 2.38. The molecule has 3 rings (SSSR count). The minimum absolute atomic E-state index is 0.167. The van der Waals surface area contributed by atoms with Gasteiger partial charge in [-0.1, -0.05) is 0 Å². The molecular weight excluding hydrogens is 509 g/mol. The normalized spacial score (nSPS) is 20.8. The van der Waals surface area contributed by atoms with Crippen molar-refractivity contribution >= 4 is 27.5 Å². The first kappa shape index (κ1) is 27.5. The Balaban J connectivity index is 1.82. The van der Waals surface area contributed by atoms with E-state index in [0.29, 0.717) is 17.0 Å². The van der Waals surface area contributed by atoms with E-state index < -0.39 is 75.3 Å². The summed E-state index contributed by atoms with van der Waals surface area (Å²) < 4.78 is 98.2. The Morgan fingerprint density at radius 2 is 1.75 bits per heavy atom. The molecule has 0 spiro atoms. The van der Waals surface area contributed by atoms with E-state index >= 15 is 13.2 Å². The molecule has 1 heterocycles. The molecule has 0 aliphatic carbocycles. The molecule has 2 N–H and O–H groups in total. The zero-order chi connectivity index (χ0) is 27.1. The van der Waals surface area contributed by atoms with Crippen molar-refractivity contribution in [2.24, 2.45) is 0 Å². The lowest BCUT2D eigenvalue weighted by Crippen LogP contribution is -2.61. The minimum Gasteiger partial charge on any atom is -0.334 e. The van der Waals surface area contributed by atoms with E-state index in [1.54, 1.807) is 0 Å². The summed E-state index contributed by atoms with van der Waals surface area (Å²) in [4.78, 5) is 25.7. The summed E-state index contributed by atoms with van der Waals surface area (Å²) in [5.74, 6) is -9.24. The first-order valence-corrected chi connectivity index (χ1v) is 12.6. The van der Waals surface area contributed by atoms with E-state index in [1.165, 1.54) is 19.1 Å². The van der Waals surface area contributed by atoms with Gasteiger partial charge in [-0.25, -0.2) is 26.3 Å². The van der Waals surface area contributed by atoms with E-state index in [9.17, 15) is 26.8 Å². The number of benzene rings is 2. The van der Waals surface area contributed by atoms with Crippen LogP contribution in [0.5, 0.6) is 0 Å². The quantitative estimate of drug-likeness (QED) is 0.556. The zero-order valence-corrected chi connectivity index (χ0v) is 20.4. The topological polar surface area (TPSA) is 95.6 Å². The fraction of sp³-hybridized carbons (Fsp3) is 0.391. The van der Waals surface area contributed by atoms with Gasteiger partial charge in [0.1, 0.15) is 17.3 Å². The number of carbonyl (C=O) groups is 2. The summed E-state index contributed by atoms with van der Waals surface area (Å²) in [6, 6.07) is 4.47. The van der Waals surface area contributed by atoms with Gasteiger partial charge in [0.15, 0.2) is 0 Å². The largest absolute Gasteiger partial charge is 0.352 e. The number of amides is 2. The zero-order valence-electron chi connectivity index (χ0n) is 19.5. The molecule has 2 amide bonds. The smallest absolute Gasteiger partial charge is 0.334 e. The number of nitrogens with one attached hydrogen (secondary N) is 2. The number of piperidine rings is 1.